The van der Waals surface area contributed by atoms with Crippen LogP contribution in [0.15, 0.2) is 48.7 Å². The summed E-state index contributed by atoms with van der Waals surface area (Å²) in [5.74, 6) is 0.307. The lowest BCUT2D eigenvalue weighted by Crippen LogP contribution is -2.37. The third-order valence-corrected chi connectivity index (χ3v) is 11.8. The van der Waals surface area contributed by atoms with Crippen LogP contribution in [0, 0.1) is 11.8 Å². The Kier molecular flexibility index (Phi) is 11.5. The quantitative estimate of drug-likeness (QED) is 0.129. The number of nitrogens with one attached hydrogen (secondary N) is 3. The lowest BCUT2D eigenvalue weighted by Gasteiger charge is -2.33. The molecule has 2 fully saturated rings. The van der Waals surface area contributed by atoms with Gasteiger partial charge >= 0.3 is 5.97 Å². The number of aromatic nitrogens is 3. The Bertz CT molecular complexity index is 2060. The molecule has 0 bridgehead atoms. The second-order valence-corrected chi connectivity index (χ2v) is 15.3. The molecule has 4 heterocycles. The first-order valence-corrected chi connectivity index (χ1v) is 19.3. The Morgan fingerprint density at radius 3 is 2.57 bits per heavy atom. The number of nitrogens with zero attached hydrogens (tertiary/aromatic N) is 4. The van der Waals surface area contributed by atoms with E-state index < -0.39 is 5.97 Å². The molecule has 1 atom stereocenters. The number of carboxylic acid groups (broad SMARTS) is 1. The number of amides is 2. The van der Waals surface area contributed by atoms with E-state index >= 15 is 0 Å². The topological polar surface area (TPSA) is 151 Å². The summed E-state index contributed by atoms with van der Waals surface area (Å²) in [7, 11) is 3.49. The first-order chi connectivity index (χ1) is 26.1. The molecule has 284 valence electrons. The first kappa shape index (κ1) is 37.8. The maximum Gasteiger partial charge on any atom is 0.306 e. The maximum atomic E-state index is 13.7. The number of benzene rings is 2. The molecule has 2 aromatic carbocycles. The number of carboxylic acids is 1. The minimum Gasteiger partial charge on any atom is -0.496 e. The Hall–Kier alpha value is -4.49. The Labute approximate surface area is 324 Å². The fourth-order valence-electron chi connectivity index (χ4n) is 7.97. The van der Waals surface area contributed by atoms with Crippen LogP contribution in [0.3, 0.4) is 0 Å². The van der Waals surface area contributed by atoms with Crippen molar-refractivity contribution < 1.29 is 24.2 Å². The van der Waals surface area contributed by atoms with Crippen molar-refractivity contribution >= 4 is 46.7 Å². The predicted octanol–water partition coefficient (Wildman–Crippen LogP) is 6.33. The summed E-state index contributed by atoms with van der Waals surface area (Å²) in [6, 6.07) is 13.2. The van der Waals surface area contributed by atoms with Crippen molar-refractivity contribution in [3.63, 3.8) is 0 Å². The van der Waals surface area contributed by atoms with Crippen LogP contribution in [0.25, 0.3) is 22.4 Å². The molecule has 3 aliphatic rings. The molecule has 54 heavy (non-hydrogen) atoms. The average Bonchev–Trinajstić information content (AvgIpc) is 3.74. The summed E-state index contributed by atoms with van der Waals surface area (Å²) in [5, 5.41) is 19.5. The Morgan fingerprint density at radius 1 is 1.04 bits per heavy atom. The highest BCUT2D eigenvalue weighted by Gasteiger charge is 2.30. The molecular weight excluding hydrogens is 729 g/mol. The van der Waals surface area contributed by atoms with Gasteiger partial charge in [0.1, 0.15) is 5.75 Å². The molecule has 2 aliphatic heterocycles. The zero-order chi connectivity index (χ0) is 37.9. The number of aliphatic carboxylic acids is 1. The number of carbonyl (C=O) groups excluding carboxylic acids is 2. The van der Waals surface area contributed by atoms with Gasteiger partial charge in [-0.1, -0.05) is 47.5 Å². The Morgan fingerprint density at radius 2 is 1.83 bits per heavy atom. The Balaban J connectivity index is 1.03. The molecule has 1 aliphatic carbocycles. The third-order valence-electron chi connectivity index (χ3n) is 11.0. The first-order valence-electron chi connectivity index (χ1n) is 18.5. The number of pyridine rings is 1. The van der Waals surface area contributed by atoms with Crippen LogP contribution in [0.1, 0.15) is 66.1 Å². The maximum absolute atomic E-state index is 13.7. The van der Waals surface area contributed by atoms with E-state index in [2.05, 4.69) is 25.8 Å². The molecule has 0 spiro atoms. The van der Waals surface area contributed by atoms with E-state index in [1.165, 1.54) is 0 Å². The van der Waals surface area contributed by atoms with E-state index in [4.69, 9.17) is 32.9 Å². The van der Waals surface area contributed by atoms with Gasteiger partial charge in [0.2, 0.25) is 5.91 Å². The number of hydrogen-bond acceptors (Lipinski definition) is 8. The third kappa shape index (κ3) is 8.12. The van der Waals surface area contributed by atoms with E-state index in [0.29, 0.717) is 76.1 Å². The van der Waals surface area contributed by atoms with Gasteiger partial charge in [0, 0.05) is 87.1 Å². The van der Waals surface area contributed by atoms with Gasteiger partial charge in [0.05, 0.1) is 45.8 Å². The number of rotatable bonds is 12. The minimum atomic E-state index is -0.683. The van der Waals surface area contributed by atoms with Crippen molar-refractivity contribution in [2.45, 2.75) is 64.1 Å². The lowest BCUT2D eigenvalue weighted by atomic mass is 9.81. The largest absolute Gasteiger partial charge is 0.496 e. The second-order valence-electron chi connectivity index (χ2n) is 14.5. The van der Waals surface area contributed by atoms with Gasteiger partial charge in [-0.15, -0.1) is 0 Å². The summed E-state index contributed by atoms with van der Waals surface area (Å²) >= 11 is 14.0. The smallest absolute Gasteiger partial charge is 0.306 e. The zero-order valence-electron chi connectivity index (χ0n) is 30.5. The summed E-state index contributed by atoms with van der Waals surface area (Å²) in [5.41, 5.74) is 5.97. The van der Waals surface area contributed by atoms with E-state index in [-0.39, 0.29) is 23.8 Å². The molecule has 1 saturated carbocycles. The number of methoxy groups -OCH3 is 1. The molecule has 14 heteroatoms. The number of anilines is 1. The van der Waals surface area contributed by atoms with Crippen molar-refractivity contribution in [1.82, 2.24) is 30.1 Å². The number of hydrogen-bond donors (Lipinski definition) is 4. The van der Waals surface area contributed by atoms with Gasteiger partial charge in [-0.25, -0.2) is 4.98 Å². The van der Waals surface area contributed by atoms with Crippen LogP contribution in [0.4, 0.5) is 5.69 Å². The van der Waals surface area contributed by atoms with E-state index in [1.807, 2.05) is 41.9 Å². The highest BCUT2D eigenvalue weighted by molar-refractivity contribution is 6.39. The van der Waals surface area contributed by atoms with Crippen molar-refractivity contribution in [1.29, 1.82) is 0 Å². The molecule has 0 unspecified atom stereocenters. The molecular formula is C40H45Cl2N7O5. The van der Waals surface area contributed by atoms with Gasteiger partial charge in [-0.05, 0) is 56.2 Å². The van der Waals surface area contributed by atoms with Crippen LogP contribution in [-0.4, -0.2) is 75.1 Å². The fourth-order valence-corrected chi connectivity index (χ4v) is 8.57. The van der Waals surface area contributed by atoms with Gasteiger partial charge in [-0.2, -0.15) is 0 Å². The number of halogens is 2. The average molecular weight is 775 g/mol. The minimum absolute atomic E-state index is 0.0929. The standard InChI is InChI=1S/C40H45Cl2N7O5/c1-48-32-22-49(21-23-6-8-24(9-7-23)40(52)53)17-15-30(32)46-38(48)39(51)47-31-5-3-4-28(35(31)41)29-14-16-44-37(36(29)42)25-10-11-26(33(18-25)54-2)19-43-20-27-12-13-34(50)45-27/h3-5,10-11,14,16,18,23-24,27,43H,6-9,12-13,15,17,19-22H2,1-2H3,(H,45,50)(H,47,51)(H,52,53)/t23-,24-,27-/m0/s1. The summed E-state index contributed by atoms with van der Waals surface area (Å²) in [4.78, 5) is 48.3. The van der Waals surface area contributed by atoms with Gasteiger partial charge in [0.15, 0.2) is 5.82 Å². The summed E-state index contributed by atoms with van der Waals surface area (Å²) in [6.07, 6.45) is 7.14. The monoisotopic (exact) mass is 773 g/mol. The van der Waals surface area contributed by atoms with Crippen LogP contribution in [0.2, 0.25) is 10.0 Å². The van der Waals surface area contributed by atoms with Crippen molar-refractivity contribution in [3.8, 4) is 28.1 Å². The van der Waals surface area contributed by atoms with Crippen molar-refractivity contribution in [2.24, 2.45) is 18.9 Å². The highest BCUT2D eigenvalue weighted by atomic mass is 35.5. The van der Waals surface area contributed by atoms with Gasteiger partial charge in [0.25, 0.3) is 5.91 Å². The van der Waals surface area contributed by atoms with Crippen LogP contribution in [-0.2, 0) is 36.1 Å². The molecule has 0 radical (unpaired) electrons. The lowest BCUT2D eigenvalue weighted by molar-refractivity contribution is -0.143. The molecule has 1 saturated heterocycles. The highest BCUT2D eigenvalue weighted by Crippen LogP contribution is 2.41. The van der Waals surface area contributed by atoms with Crippen molar-refractivity contribution in [2.75, 3.05) is 32.1 Å². The molecule has 4 aromatic rings. The summed E-state index contributed by atoms with van der Waals surface area (Å²) in [6.45, 7) is 3.71. The molecule has 2 amide bonds. The molecule has 4 N–H and O–H groups in total. The number of fused-ring (bicyclic) bond motifs is 1. The van der Waals surface area contributed by atoms with Crippen molar-refractivity contribution in [3.05, 3.63) is 81.5 Å². The number of ether oxygens (including phenoxy) is 1. The summed E-state index contributed by atoms with van der Waals surface area (Å²) < 4.78 is 7.59. The molecule has 2 aromatic heterocycles. The van der Waals surface area contributed by atoms with E-state index in [1.54, 1.807) is 25.4 Å². The molecule has 12 nitrogen and oxygen atoms in total. The number of carbonyl (C=O) groups is 3. The normalized spacial score (nSPS) is 20.0. The predicted molar refractivity (Wildman–Crippen MR) is 208 cm³/mol. The van der Waals surface area contributed by atoms with E-state index in [0.717, 1.165) is 74.1 Å². The molecule has 7 rings (SSSR count). The van der Waals surface area contributed by atoms with Crippen LogP contribution < -0.4 is 20.7 Å². The fraction of sp³-hybridized carbons (Fsp3) is 0.425. The van der Waals surface area contributed by atoms with Crippen LogP contribution >= 0.6 is 23.2 Å². The van der Waals surface area contributed by atoms with Crippen LogP contribution in [0.5, 0.6) is 5.75 Å². The van der Waals surface area contributed by atoms with Gasteiger partial charge in [-0.3, -0.25) is 24.3 Å². The van der Waals surface area contributed by atoms with Gasteiger partial charge < -0.3 is 30.4 Å². The second kappa shape index (κ2) is 16.5. The van der Waals surface area contributed by atoms with E-state index in [9.17, 15) is 19.5 Å². The SMILES string of the molecule is COc1cc(-c2nccc(-c3cccc(NC(=O)c4nc5c(n4C)CN(C[C@H]4CC[C@H](C(=O)O)CC4)CC5)c3Cl)c2Cl)ccc1CNC[C@@H]1CCC(=O)N1. The zero-order valence-corrected chi connectivity index (χ0v) is 32.0. The number of imidazole rings is 1.